The third kappa shape index (κ3) is 3.58. The van der Waals surface area contributed by atoms with Crippen molar-refractivity contribution in [3.63, 3.8) is 0 Å². The van der Waals surface area contributed by atoms with Crippen LogP contribution in [0.4, 0.5) is 0 Å². The average molecular weight is 199 g/mol. The number of rotatable bonds is 5. The molecule has 2 nitrogen and oxygen atoms in total. The summed E-state index contributed by atoms with van der Waals surface area (Å²) in [7, 11) is 0. The van der Waals surface area contributed by atoms with Crippen LogP contribution in [0.2, 0.25) is 0 Å². The summed E-state index contributed by atoms with van der Waals surface area (Å²) in [5.74, 6) is 0.753. The van der Waals surface area contributed by atoms with E-state index in [0.29, 0.717) is 5.41 Å². The quantitative estimate of drug-likeness (QED) is 0.734. The second kappa shape index (κ2) is 5.72. The highest BCUT2D eigenvalue weighted by molar-refractivity contribution is 4.82. The van der Waals surface area contributed by atoms with E-state index < -0.39 is 0 Å². The highest BCUT2D eigenvalue weighted by Gasteiger charge is 2.30. The summed E-state index contributed by atoms with van der Waals surface area (Å²) < 4.78 is 5.43. The lowest BCUT2D eigenvalue weighted by Gasteiger charge is -2.36. The van der Waals surface area contributed by atoms with Gasteiger partial charge in [-0.25, -0.2) is 0 Å². The Labute approximate surface area is 88.4 Å². The molecule has 1 saturated heterocycles. The predicted molar refractivity (Wildman–Crippen MR) is 60.5 cm³/mol. The Morgan fingerprint density at radius 3 is 2.43 bits per heavy atom. The molecule has 0 radical (unpaired) electrons. The molecule has 0 bridgehead atoms. The molecular weight excluding hydrogens is 174 g/mol. The van der Waals surface area contributed by atoms with E-state index in [4.69, 9.17) is 4.74 Å². The fourth-order valence-corrected chi connectivity index (χ4v) is 2.09. The smallest absolute Gasteiger partial charge is 0.0471 e. The van der Waals surface area contributed by atoms with Gasteiger partial charge in [-0.2, -0.15) is 0 Å². The molecule has 0 aromatic carbocycles. The van der Waals surface area contributed by atoms with Crippen LogP contribution in [0.3, 0.4) is 0 Å². The van der Waals surface area contributed by atoms with Gasteiger partial charge in [0.2, 0.25) is 0 Å². The summed E-state index contributed by atoms with van der Waals surface area (Å²) in [5, 5.41) is 3.59. The number of ether oxygens (including phenoxy) is 1. The van der Waals surface area contributed by atoms with Crippen molar-refractivity contribution in [3.8, 4) is 0 Å². The van der Waals surface area contributed by atoms with Gasteiger partial charge in [0.05, 0.1) is 0 Å². The van der Waals surface area contributed by atoms with Gasteiger partial charge in [-0.1, -0.05) is 20.8 Å². The van der Waals surface area contributed by atoms with Crippen molar-refractivity contribution in [2.75, 3.05) is 26.3 Å². The van der Waals surface area contributed by atoms with Gasteiger partial charge in [-0.05, 0) is 37.1 Å². The van der Waals surface area contributed by atoms with Crippen LogP contribution in [-0.2, 0) is 4.74 Å². The molecule has 0 saturated carbocycles. The normalized spacial score (nSPS) is 21.4. The van der Waals surface area contributed by atoms with E-state index in [1.54, 1.807) is 0 Å². The molecule has 0 aromatic heterocycles. The molecule has 0 atom stereocenters. The van der Waals surface area contributed by atoms with Crippen molar-refractivity contribution in [2.45, 2.75) is 40.0 Å². The summed E-state index contributed by atoms with van der Waals surface area (Å²) in [4.78, 5) is 0. The zero-order chi connectivity index (χ0) is 10.4. The van der Waals surface area contributed by atoms with Gasteiger partial charge in [0.15, 0.2) is 0 Å². The van der Waals surface area contributed by atoms with E-state index in [9.17, 15) is 0 Å². The Balaban J connectivity index is 2.29. The lowest BCUT2D eigenvalue weighted by atomic mass is 9.78. The van der Waals surface area contributed by atoms with E-state index in [1.807, 2.05) is 0 Å². The molecular formula is C12H25NO. The van der Waals surface area contributed by atoms with Crippen molar-refractivity contribution in [2.24, 2.45) is 11.3 Å². The van der Waals surface area contributed by atoms with Crippen LogP contribution in [0.1, 0.15) is 40.0 Å². The first kappa shape index (κ1) is 12.0. The number of hydrogen-bond donors (Lipinski definition) is 1. The Bertz CT molecular complexity index is 150. The van der Waals surface area contributed by atoms with Crippen LogP contribution >= 0.6 is 0 Å². The van der Waals surface area contributed by atoms with Crippen LogP contribution in [0.25, 0.3) is 0 Å². The minimum atomic E-state index is 0.521. The summed E-state index contributed by atoms with van der Waals surface area (Å²) in [6, 6.07) is 0. The van der Waals surface area contributed by atoms with Gasteiger partial charge in [0.25, 0.3) is 0 Å². The number of nitrogens with one attached hydrogen (secondary N) is 1. The molecule has 0 unspecified atom stereocenters. The van der Waals surface area contributed by atoms with E-state index in [-0.39, 0.29) is 0 Å². The lowest BCUT2D eigenvalue weighted by molar-refractivity contribution is 0.0126. The molecule has 1 aliphatic rings. The van der Waals surface area contributed by atoms with Gasteiger partial charge in [-0.15, -0.1) is 0 Å². The van der Waals surface area contributed by atoms with Crippen molar-refractivity contribution in [1.29, 1.82) is 0 Å². The Kier molecular flexibility index (Phi) is 4.90. The molecule has 2 heteroatoms. The fraction of sp³-hybridized carbons (Fsp3) is 1.00. The molecule has 1 fully saturated rings. The maximum absolute atomic E-state index is 5.43. The first-order chi connectivity index (χ1) is 6.68. The van der Waals surface area contributed by atoms with Crippen LogP contribution in [-0.4, -0.2) is 26.3 Å². The van der Waals surface area contributed by atoms with E-state index in [2.05, 4.69) is 26.1 Å². The zero-order valence-electron chi connectivity index (χ0n) is 9.94. The molecule has 14 heavy (non-hydrogen) atoms. The van der Waals surface area contributed by atoms with Gasteiger partial charge in [-0.3, -0.25) is 0 Å². The van der Waals surface area contributed by atoms with Crippen LogP contribution in [0, 0.1) is 11.3 Å². The second-order valence-electron chi connectivity index (χ2n) is 4.99. The average Bonchev–Trinajstić information content (AvgIpc) is 2.19. The molecule has 0 aromatic rings. The molecule has 1 aliphatic heterocycles. The van der Waals surface area contributed by atoms with E-state index in [1.165, 1.54) is 25.8 Å². The molecule has 0 spiro atoms. The third-order valence-electron chi connectivity index (χ3n) is 3.36. The lowest BCUT2D eigenvalue weighted by Crippen LogP contribution is -2.39. The summed E-state index contributed by atoms with van der Waals surface area (Å²) >= 11 is 0. The summed E-state index contributed by atoms with van der Waals surface area (Å²) in [6.45, 7) is 11.1. The molecule has 1 N–H and O–H groups in total. The summed E-state index contributed by atoms with van der Waals surface area (Å²) in [5.41, 5.74) is 0.521. The van der Waals surface area contributed by atoms with Crippen molar-refractivity contribution < 1.29 is 4.74 Å². The van der Waals surface area contributed by atoms with Gasteiger partial charge >= 0.3 is 0 Å². The number of hydrogen-bond acceptors (Lipinski definition) is 2. The largest absolute Gasteiger partial charge is 0.381 e. The topological polar surface area (TPSA) is 21.3 Å². The first-order valence-electron chi connectivity index (χ1n) is 5.97. The maximum atomic E-state index is 5.43. The van der Waals surface area contributed by atoms with Crippen molar-refractivity contribution in [1.82, 2.24) is 5.32 Å². The first-order valence-corrected chi connectivity index (χ1v) is 5.97. The third-order valence-corrected chi connectivity index (χ3v) is 3.36. The maximum Gasteiger partial charge on any atom is 0.0471 e. The minimum absolute atomic E-state index is 0.521. The van der Waals surface area contributed by atoms with E-state index >= 15 is 0 Å². The Morgan fingerprint density at radius 1 is 1.29 bits per heavy atom. The van der Waals surface area contributed by atoms with Crippen molar-refractivity contribution >= 4 is 0 Å². The zero-order valence-corrected chi connectivity index (χ0v) is 9.94. The highest BCUT2D eigenvalue weighted by Crippen LogP contribution is 2.33. The monoisotopic (exact) mass is 199 g/mol. The molecule has 1 heterocycles. The minimum Gasteiger partial charge on any atom is -0.381 e. The van der Waals surface area contributed by atoms with Crippen LogP contribution in [0.5, 0.6) is 0 Å². The summed E-state index contributed by atoms with van der Waals surface area (Å²) in [6.07, 6.45) is 3.74. The predicted octanol–water partition coefficient (Wildman–Crippen LogP) is 2.44. The van der Waals surface area contributed by atoms with Gasteiger partial charge < -0.3 is 10.1 Å². The van der Waals surface area contributed by atoms with Gasteiger partial charge in [0, 0.05) is 19.8 Å². The highest BCUT2D eigenvalue weighted by atomic mass is 16.5. The standard InChI is InChI=1S/C12H25NO/c1-4-12(5-7-14-8-6-12)10-13-9-11(2)3/h11,13H,4-10H2,1-3H3. The SMILES string of the molecule is CCC1(CNCC(C)C)CCOCC1. The molecule has 84 valence electrons. The Hall–Kier alpha value is -0.0800. The van der Waals surface area contributed by atoms with E-state index in [0.717, 1.165) is 25.7 Å². The fourth-order valence-electron chi connectivity index (χ4n) is 2.09. The van der Waals surface area contributed by atoms with Crippen molar-refractivity contribution in [3.05, 3.63) is 0 Å². The van der Waals surface area contributed by atoms with Crippen LogP contribution in [0.15, 0.2) is 0 Å². The van der Waals surface area contributed by atoms with Crippen LogP contribution < -0.4 is 5.32 Å². The molecule has 0 aliphatic carbocycles. The Morgan fingerprint density at radius 2 is 1.93 bits per heavy atom. The molecule has 1 rings (SSSR count). The van der Waals surface area contributed by atoms with Gasteiger partial charge in [0.1, 0.15) is 0 Å². The molecule has 0 amide bonds. The second-order valence-corrected chi connectivity index (χ2v) is 4.99.